The molecule has 2 rings (SSSR count). The van der Waals surface area contributed by atoms with Gasteiger partial charge in [0.25, 0.3) is 5.91 Å². The Balaban J connectivity index is 2.12. The summed E-state index contributed by atoms with van der Waals surface area (Å²) >= 11 is 0. The lowest BCUT2D eigenvalue weighted by Crippen LogP contribution is -2.27. The molecule has 0 fully saturated rings. The number of carbonyl (C=O) groups is 1. The maximum absolute atomic E-state index is 12.8. The van der Waals surface area contributed by atoms with E-state index in [4.69, 9.17) is 0 Å². The van der Waals surface area contributed by atoms with E-state index in [-0.39, 0.29) is 19.0 Å². The minimum Gasteiger partial charge on any atom is -0.387 e. The van der Waals surface area contributed by atoms with Gasteiger partial charge in [-0.3, -0.25) is 4.79 Å². The third-order valence-electron chi connectivity index (χ3n) is 3.88. The zero-order chi connectivity index (χ0) is 20.4. The molecule has 0 bridgehead atoms. The summed E-state index contributed by atoms with van der Waals surface area (Å²) in [7, 11) is 1.69. The van der Waals surface area contributed by atoms with E-state index >= 15 is 0 Å². The van der Waals surface area contributed by atoms with Crippen molar-refractivity contribution in [2.24, 2.45) is 7.05 Å². The lowest BCUT2D eigenvalue weighted by molar-refractivity contribution is -0.143. The molecule has 1 atom stereocenters. The molecule has 0 spiro atoms. The minimum atomic E-state index is -5.03. The number of halogens is 6. The molecular weight excluding hydrogens is 378 g/mol. The lowest BCUT2D eigenvalue weighted by Gasteiger charge is -2.15. The molecule has 0 saturated carbocycles. The Labute approximate surface area is 150 Å². The number of aliphatic hydroxyl groups excluding tert-OH is 1. The Morgan fingerprint density at radius 1 is 1.11 bits per heavy atom. The van der Waals surface area contributed by atoms with E-state index in [0.29, 0.717) is 17.8 Å². The first kappa shape index (κ1) is 20.8. The molecule has 1 heterocycles. The predicted molar refractivity (Wildman–Crippen MR) is 83.8 cm³/mol. The smallest absolute Gasteiger partial charge is 0.387 e. The number of hydrogen-bond acceptors (Lipinski definition) is 2. The molecule has 0 aliphatic heterocycles. The maximum Gasteiger partial charge on any atom is 0.416 e. The zero-order valence-electron chi connectivity index (χ0n) is 14.0. The van der Waals surface area contributed by atoms with Crippen LogP contribution >= 0.6 is 0 Å². The van der Waals surface area contributed by atoms with Crippen LogP contribution in [-0.4, -0.2) is 22.1 Å². The Morgan fingerprint density at radius 2 is 1.67 bits per heavy atom. The maximum atomic E-state index is 12.8. The molecule has 1 amide bonds. The molecule has 1 unspecified atom stereocenters. The van der Waals surface area contributed by atoms with E-state index in [9.17, 15) is 36.2 Å². The number of hydrogen-bond donors (Lipinski definition) is 2. The standard InChI is InChI=1S/C17H16F6N2O2/c1-25-6-2-3-13(25)14(26)4-5-24-15(27)10-7-11(16(18,19)20)9-12(8-10)17(21,22)23/h2-3,6-9,14,26H,4-5H2,1H3,(H,24,27). The topological polar surface area (TPSA) is 54.3 Å². The van der Waals surface area contributed by atoms with Crippen LogP contribution in [0.5, 0.6) is 0 Å². The number of nitrogens with zero attached hydrogens (tertiary/aromatic N) is 1. The third-order valence-corrected chi connectivity index (χ3v) is 3.88. The van der Waals surface area contributed by atoms with Crippen LogP contribution in [0.1, 0.15) is 39.7 Å². The minimum absolute atomic E-state index is 0.0364. The normalized spacial score (nSPS) is 13.5. The first-order valence-electron chi connectivity index (χ1n) is 7.76. The Kier molecular flexibility index (Phi) is 5.88. The molecule has 1 aromatic carbocycles. The van der Waals surface area contributed by atoms with Gasteiger partial charge in [-0.05, 0) is 36.8 Å². The van der Waals surface area contributed by atoms with Crippen LogP contribution in [0.4, 0.5) is 26.3 Å². The molecule has 0 saturated heterocycles. The van der Waals surface area contributed by atoms with E-state index in [0.717, 1.165) is 0 Å². The van der Waals surface area contributed by atoms with E-state index in [1.807, 2.05) is 0 Å². The fourth-order valence-electron chi connectivity index (χ4n) is 2.48. The zero-order valence-corrected chi connectivity index (χ0v) is 14.0. The molecule has 2 N–H and O–H groups in total. The number of amides is 1. The van der Waals surface area contributed by atoms with E-state index in [1.54, 1.807) is 29.9 Å². The van der Waals surface area contributed by atoms with E-state index in [2.05, 4.69) is 5.32 Å². The van der Waals surface area contributed by atoms with Gasteiger partial charge in [0.05, 0.1) is 17.2 Å². The van der Waals surface area contributed by atoms with Gasteiger partial charge in [0.1, 0.15) is 0 Å². The van der Waals surface area contributed by atoms with Crippen LogP contribution in [-0.2, 0) is 19.4 Å². The van der Waals surface area contributed by atoms with Gasteiger partial charge in [0.2, 0.25) is 0 Å². The van der Waals surface area contributed by atoms with Crippen LogP contribution in [0.25, 0.3) is 0 Å². The number of rotatable bonds is 5. The highest BCUT2D eigenvalue weighted by molar-refractivity contribution is 5.94. The lowest BCUT2D eigenvalue weighted by atomic mass is 10.0. The van der Waals surface area contributed by atoms with Crippen LogP contribution in [0.15, 0.2) is 36.5 Å². The van der Waals surface area contributed by atoms with Gasteiger partial charge in [-0.15, -0.1) is 0 Å². The van der Waals surface area contributed by atoms with Crippen molar-refractivity contribution in [3.8, 4) is 0 Å². The summed E-state index contributed by atoms with van der Waals surface area (Å²) in [4.78, 5) is 12.0. The summed E-state index contributed by atoms with van der Waals surface area (Å²) < 4.78 is 78.6. The van der Waals surface area contributed by atoms with Crippen LogP contribution in [0.2, 0.25) is 0 Å². The number of alkyl halides is 6. The van der Waals surface area contributed by atoms with Crippen molar-refractivity contribution in [1.29, 1.82) is 0 Å². The average molecular weight is 394 g/mol. The van der Waals surface area contributed by atoms with Crippen molar-refractivity contribution in [1.82, 2.24) is 9.88 Å². The largest absolute Gasteiger partial charge is 0.416 e. The highest BCUT2D eigenvalue weighted by Crippen LogP contribution is 2.36. The highest BCUT2D eigenvalue weighted by atomic mass is 19.4. The summed E-state index contributed by atoms with van der Waals surface area (Å²) in [5.41, 5.74) is -3.33. The Morgan fingerprint density at radius 3 is 2.11 bits per heavy atom. The third kappa shape index (κ3) is 5.25. The molecule has 0 aliphatic carbocycles. The molecule has 27 heavy (non-hydrogen) atoms. The second-order valence-corrected chi connectivity index (χ2v) is 5.90. The first-order chi connectivity index (χ1) is 12.4. The van der Waals surface area contributed by atoms with Crippen LogP contribution in [0, 0.1) is 0 Å². The predicted octanol–water partition coefficient (Wildman–Crippen LogP) is 3.92. The fourth-order valence-corrected chi connectivity index (χ4v) is 2.48. The van der Waals surface area contributed by atoms with Crippen LogP contribution in [0.3, 0.4) is 0 Å². The molecule has 0 aliphatic rings. The van der Waals surface area contributed by atoms with Gasteiger partial charge in [0, 0.05) is 31.0 Å². The summed E-state index contributed by atoms with van der Waals surface area (Å²) in [6.45, 7) is -0.136. The van der Waals surface area contributed by atoms with Gasteiger partial charge >= 0.3 is 12.4 Å². The molecule has 2 aromatic rings. The summed E-state index contributed by atoms with van der Waals surface area (Å²) in [6.07, 6.45) is -9.27. The van der Waals surface area contributed by atoms with Crippen molar-refractivity contribution in [3.63, 3.8) is 0 Å². The van der Waals surface area contributed by atoms with Crippen LogP contribution < -0.4 is 5.32 Å². The Bertz CT molecular complexity index is 778. The number of aryl methyl sites for hydroxylation is 1. The molecule has 148 valence electrons. The second-order valence-electron chi connectivity index (χ2n) is 5.90. The number of carbonyl (C=O) groups excluding carboxylic acids is 1. The Hall–Kier alpha value is -2.49. The molecule has 0 radical (unpaired) electrons. The summed E-state index contributed by atoms with van der Waals surface area (Å²) in [5, 5.41) is 12.2. The number of benzene rings is 1. The summed E-state index contributed by atoms with van der Waals surface area (Å²) in [6, 6.07) is 4.01. The van der Waals surface area contributed by atoms with Crippen molar-refractivity contribution in [2.45, 2.75) is 24.9 Å². The van der Waals surface area contributed by atoms with Gasteiger partial charge in [-0.1, -0.05) is 0 Å². The number of nitrogens with one attached hydrogen (secondary N) is 1. The first-order valence-corrected chi connectivity index (χ1v) is 7.76. The monoisotopic (exact) mass is 394 g/mol. The number of aliphatic hydroxyl groups is 1. The van der Waals surface area contributed by atoms with E-state index < -0.39 is 41.1 Å². The van der Waals surface area contributed by atoms with E-state index in [1.165, 1.54) is 0 Å². The molecule has 10 heteroatoms. The quantitative estimate of drug-likeness (QED) is 0.756. The van der Waals surface area contributed by atoms with Crippen molar-refractivity contribution in [2.75, 3.05) is 6.54 Å². The van der Waals surface area contributed by atoms with Crippen molar-refractivity contribution in [3.05, 3.63) is 58.9 Å². The summed E-state index contributed by atoms with van der Waals surface area (Å²) in [5.74, 6) is -1.09. The highest BCUT2D eigenvalue weighted by Gasteiger charge is 2.37. The number of aromatic nitrogens is 1. The average Bonchev–Trinajstić information content (AvgIpc) is 2.98. The molecule has 1 aromatic heterocycles. The van der Waals surface area contributed by atoms with Gasteiger partial charge < -0.3 is 15.0 Å². The van der Waals surface area contributed by atoms with Crippen molar-refractivity contribution < 1.29 is 36.2 Å². The fraction of sp³-hybridized carbons (Fsp3) is 0.353. The van der Waals surface area contributed by atoms with Gasteiger partial charge in [-0.2, -0.15) is 26.3 Å². The molecule has 4 nitrogen and oxygen atoms in total. The van der Waals surface area contributed by atoms with Gasteiger partial charge in [0.15, 0.2) is 0 Å². The molecular formula is C17H16F6N2O2. The second kappa shape index (κ2) is 7.63. The van der Waals surface area contributed by atoms with Gasteiger partial charge in [-0.25, -0.2) is 0 Å². The van der Waals surface area contributed by atoms with Crippen molar-refractivity contribution >= 4 is 5.91 Å². The SMILES string of the molecule is Cn1cccc1C(O)CCNC(=O)c1cc(C(F)(F)F)cc(C(F)(F)F)c1.